The molecular formula is C16H23BrN4O. The van der Waals surface area contributed by atoms with Crippen molar-refractivity contribution in [2.75, 3.05) is 50.7 Å². The molecule has 2 fully saturated rings. The maximum Gasteiger partial charge on any atom is 0.236 e. The van der Waals surface area contributed by atoms with Crippen LogP contribution in [-0.4, -0.2) is 66.5 Å². The average Bonchev–Trinajstić information content (AvgIpc) is 2.57. The van der Waals surface area contributed by atoms with E-state index in [4.69, 9.17) is 0 Å². The van der Waals surface area contributed by atoms with Crippen LogP contribution < -0.4 is 4.90 Å². The van der Waals surface area contributed by atoms with Crippen LogP contribution >= 0.6 is 15.9 Å². The highest BCUT2D eigenvalue weighted by molar-refractivity contribution is 9.10. The van der Waals surface area contributed by atoms with Crippen molar-refractivity contribution in [3.05, 3.63) is 22.8 Å². The topological polar surface area (TPSA) is 39.7 Å². The molecule has 3 rings (SSSR count). The van der Waals surface area contributed by atoms with Gasteiger partial charge in [-0.1, -0.05) is 0 Å². The van der Waals surface area contributed by atoms with Gasteiger partial charge in [0.25, 0.3) is 0 Å². The third kappa shape index (κ3) is 3.98. The van der Waals surface area contributed by atoms with Crippen molar-refractivity contribution >= 4 is 27.7 Å². The summed E-state index contributed by atoms with van der Waals surface area (Å²) in [7, 11) is 0. The lowest BCUT2D eigenvalue weighted by Crippen LogP contribution is -2.50. The van der Waals surface area contributed by atoms with Gasteiger partial charge in [0.15, 0.2) is 0 Å². The van der Waals surface area contributed by atoms with Gasteiger partial charge in [0.05, 0.1) is 6.54 Å². The van der Waals surface area contributed by atoms with Gasteiger partial charge in [-0.3, -0.25) is 9.69 Å². The van der Waals surface area contributed by atoms with E-state index in [0.717, 1.165) is 62.4 Å². The fourth-order valence-corrected chi connectivity index (χ4v) is 3.36. The monoisotopic (exact) mass is 366 g/mol. The van der Waals surface area contributed by atoms with Crippen LogP contribution in [0.3, 0.4) is 0 Å². The third-order valence-corrected chi connectivity index (χ3v) is 4.94. The molecule has 0 radical (unpaired) electrons. The lowest BCUT2D eigenvalue weighted by Gasteiger charge is -2.36. The number of amides is 1. The number of piperidine rings is 1. The number of anilines is 1. The molecule has 0 bridgehead atoms. The second-order valence-corrected chi connectivity index (χ2v) is 6.95. The largest absolute Gasteiger partial charge is 0.354 e. The van der Waals surface area contributed by atoms with Crippen molar-refractivity contribution in [3.8, 4) is 0 Å². The Balaban J connectivity index is 1.47. The van der Waals surface area contributed by atoms with Crippen LogP contribution in [0.1, 0.15) is 19.3 Å². The standard InChI is InChI=1S/C16H23BrN4O/c17-14-4-5-15(18-12-14)20-10-8-19(9-11-20)13-16(22)21-6-2-1-3-7-21/h4-5,12H,1-3,6-11,13H2. The summed E-state index contributed by atoms with van der Waals surface area (Å²) in [6, 6.07) is 4.06. The van der Waals surface area contributed by atoms with Gasteiger partial charge in [0, 0.05) is 49.9 Å². The number of pyridine rings is 1. The van der Waals surface area contributed by atoms with Crippen LogP contribution in [0.2, 0.25) is 0 Å². The maximum absolute atomic E-state index is 12.3. The molecule has 3 heterocycles. The van der Waals surface area contributed by atoms with Gasteiger partial charge in [0.2, 0.25) is 5.91 Å². The van der Waals surface area contributed by atoms with E-state index in [1.54, 1.807) is 0 Å². The number of nitrogens with zero attached hydrogens (tertiary/aromatic N) is 4. The van der Waals surface area contributed by atoms with Gasteiger partial charge in [-0.05, 0) is 47.3 Å². The molecule has 1 aromatic rings. The van der Waals surface area contributed by atoms with E-state index < -0.39 is 0 Å². The van der Waals surface area contributed by atoms with Crippen LogP contribution in [0.25, 0.3) is 0 Å². The van der Waals surface area contributed by atoms with Crippen molar-refractivity contribution in [1.29, 1.82) is 0 Å². The van der Waals surface area contributed by atoms with Crippen molar-refractivity contribution < 1.29 is 4.79 Å². The van der Waals surface area contributed by atoms with E-state index in [2.05, 4.69) is 30.7 Å². The highest BCUT2D eigenvalue weighted by Crippen LogP contribution is 2.17. The van der Waals surface area contributed by atoms with Crippen molar-refractivity contribution in [3.63, 3.8) is 0 Å². The Morgan fingerprint density at radius 2 is 1.77 bits per heavy atom. The molecule has 0 aromatic carbocycles. The minimum absolute atomic E-state index is 0.301. The molecule has 0 unspecified atom stereocenters. The zero-order chi connectivity index (χ0) is 15.4. The summed E-state index contributed by atoms with van der Waals surface area (Å²) >= 11 is 3.41. The first-order valence-corrected chi connectivity index (χ1v) is 8.88. The molecule has 5 nitrogen and oxygen atoms in total. The van der Waals surface area contributed by atoms with E-state index >= 15 is 0 Å². The van der Waals surface area contributed by atoms with E-state index in [1.165, 1.54) is 6.42 Å². The molecule has 0 aliphatic carbocycles. The lowest BCUT2D eigenvalue weighted by molar-refractivity contribution is -0.133. The number of carbonyl (C=O) groups is 1. The minimum Gasteiger partial charge on any atom is -0.354 e. The first-order valence-electron chi connectivity index (χ1n) is 8.09. The first kappa shape index (κ1) is 15.7. The molecule has 120 valence electrons. The molecule has 22 heavy (non-hydrogen) atoms. The Bertz CT molecular complexity index is 493. The number of hydrogen-bond acceptors (Lipinski definition) is 4. The predicted molar refractivity (Wildman–Crippen MR) is 91.0 cm³/mol. The van der Waals surface area contributed by atoms with E-state index in [-0.39, 0.29) is 0 Å². The summed E-state index contributed by atoms with van der Waals surface area (Å²) in [5, 5.41) is 0. The Labute approximate surface area is 140 Å². The van der Waals surface area contributed by atoms with Crippen molar-refractivity contribution in [1.82, 2.24) is 14.8 Å². The molecule has 0 atom stereocenters. The molecule has 0 spiro atoms. The molecule has 0 N–H and O–H groups in total. The highest BCUT2D eigenvalue weighted by atomic mass is 79.9. The minimum atomic E-state index is 0.301. The molecule has 1 amide bonds. The highest BCUT2D eigenvalue weighted by Gasteiger charge is 2.23. The molecular weight excluding hydrogens is 344 g/mol. The van der Waals surface area contributed by atoms with Crippen molar-refractivity contribution in [2.45, 2.75) is 19.3 Å². The molecule has 6 heteroatoms. The third-order valence-electron chi connectivity index (χ3n) is 4.48. The lowest BCUT2D eigenvalue weighted by atomic mass is 10.1. The zero-order valence-electron chi connectivity index (χ0n) is 12.9. The molecule has 2 aliphatic rings. The normalized spacial score (nSPS) is 20.2. The fraction of sp³-hybridized carbons (Fsp3) is 0.625. The molecule has 1 aromatic heterocycles. The molecule has 2 saturated heterocycles. The molecule has 2 aliphatic heterocycles. The van der Waals surface area contributed by atoms with Crippen LogP contribution in [0.4, 0.5) is 5.82 Å². The summed E-state index contributed by atoms with van der Waals surface area (Å²) in [6.45, 7) is 6.18. The summed E-state index contributed by atoms with van der Waals surface area (Å²) in [5.41, 5.74) is 0. The number of halogens is 1. The number of likely N-dealkylation sites (tertiary alicyclic amines) is 1. The predicted octanol–water partition coefficient (Wildman–Crippen LogP) is 1.98. The van der Waals surface area contributed by atoms with Gasteiger partial charge >= 0.3 is 0 Å². The van der Waals surface area contributed by atoms with E-state index in [9.17, 15) is 4.79 Å². The van der Waals surface area contributed by atoms with Crippen LogP contribution in [-0.2, 0) is 4.79 Å². The summed E-state index contributed by atoms with van der Waals surface area (Å²) in [6.07, 6.45) is 5.42. The SMILES string of the molecule is O=C(CN1CCN(c2ccc(Br)cn2)CC1)N1CCCCC1. The second-order valence-electron chi connectivity index (χ2n) is 6.04. The van der Waals surface area contributed by atoms with Gasteiger partial charge in [0.1, 0.15) is 5.82 Å². The average molecular weight is 367 g/mol. The Kier molecular flexibility index (Phi) is 5.31. The number of piperazine rings is 1. The van der Waals surface area contributed by atoms with E-state index in [0.29, 0.717) is 12.5 Å². The van der Waals surface area contributed by atoms with Crippen LogP contribution in [0, 0.1) is 0 Å². The zero-order valence-corrected chi connectivity index (χ0v) is 14.5. The quantitative estimate of drug-likeness (QED) is 0.819. The van der Waals surface area contributed by atoms with Gasteiger partial charge in [-0.15, -0.1) is 0 Å². The first-order chi connectivity index (χ1) is 10.7. The summed E-state index contributed by atoms with van der Waals surface area (Å²) in [4.78, 5) is 23.3. The number of carbonyl (C=O) groups excluding carboxylic acids is 1. The maximum atomic E-state index is 12.3. The van der Waals surface area contributed by atoms with Crippen molar-refractivity contribution in [2.24, 2.45) is 0 Å². The summed E-state index contributed by atoms with van der Waals surface area (Å²) in [5.74, 6) is 1.32. The van der Waals surface area contributed by atoms with Gasteiger partial charge < -0.3 is 9.80 Å². The molecule has 0 saturated carbocycles. The van der Waals surface area contributed by atoms with Crippen LogP contribution in [0.5, 0.6) is 0 Å². The van der Waals surface area contributed by atoms with Gasteiger partial charge in [-0.25, -0.2) is 4.98 Å². The Morgan fingerprint density at radius 1 is 1.05 bits per heavy atom. The number of hydrogen-bond donors (Lipinski definition) is 0. The fourth-order valence-electron chi connectivity index (χ4n) is 3.12. The Hall–Kier alpha value is -1.14. The summed E-state index contributed by atoms with van der Waals surface area (Å²) < 4.78 is 1.00. The van der Waals surface area contributed by atoms with E-state index in [1.807, 2.05) is 23.2 Å². The smallest absolute Gasteiger partial charge is 0.236 e. The number of aromatic nitrogens is 1. The van der Waals surface area contributed by atoms with Crippen LogP contribution in [0.15, 0.2) is 22.8 Å². The van der Waals surface area contributed by atoms with Gasteiger partial charge in [-0.2, -0.15) is 0 Å². The second kappa shape index (κ2) is 7.42. The Morgan fingerprint density at radius 3 is 2.41 bits per heavy atom. The number of rotatable bonds is 3.